The molecule has 1 aliphatic rings. The van der Waals surface area contributed by atoms with Gasteiger partial charge in [-0.05, 0) is 12.1 Å². The first-order valence-corrected chi connectivity index (χ1v) is 5.93. The Bertz CT molecular complexity index is 343. The van der Waals surface area contributed by atoms with Crippen LogP contribution in [0.15, 0.2) is 22.8 Å². The summed E-state index contributed by atoms with van der Waals surface area (Å²) in [6, 6.07) is 3.88. The van der Waals surface area contributed by atoms with Crippen molar-refractivity contribution in [2.45, 2.75) is 13.0 Å². The summed E-state index contributed by atoms with van der Waals surface area (Å²) < 4.78 is 5.31. The maximum atomic E-state index is 10.5. The second-order valence-corrected chi connectivity index (χ2v) is 4.34. The van der Waals surface area contributed by atoms with Crippen LogP contribution in [-0.4, -0.2) is 53.6 Å². The zero-order valence-electron chi connectivity index (χ0n) is 9.84. The summed E-state index contributed by atoms with van der Waals surface area (Å²) in [5.74, 6) is 0.270. The van der Waals surface area contributed by atoms with E-state index in [1.807, 2.05) is 12.1 Å². The molecule has 0 saturated carbocycles. The van der Waals surface area contributed by atoms with Crippen LogP contribution < -0.4 is 0 Å². The highest BCUT2D eigenvalue weighted by atomic mass is 16.4. The van der Waals surface area contributed by atoms with Gasteiger partial charge in [-0.2, -0.15) is 0 Å². The van der Waals surface area contributed by atoms with E-state index in [0.29, 0.717) is 6.54 Å². The molecule has 0 spiro atoms. The molecule has 94 valence electrons. The van der Waals surface area contributed by atoms with Gasteiger partial charge in [0.05, 0.1) is 19.2 Å². The third-order valence-electron chi connectivity index (χ3n) is 3.07. The largest absolute Gasteiger partial charge is 0.481 e. The lowest BCUT2D eigenvalue weighted by atomic mass is 10.2. The van der Waals surface area contributed by atoms with Crippen LogP contribution in [0.1, 0.15) is 12.2 Å². The zero-order chi connectivity index (χ0) is 12.1. The van der Waals surface area contributed by atoms with Gasteiger partial charge in [-0.1, -0.05) is 0 Å². The average molecular weight is 238 g/mol. The van der Waals surface area contributed by atoms with E-state index in [0.717, 1.165) is 38.5 Å². The number of piperazine rings is 1. The number of hydrogen-bond acceptors (Lipinski definition) is 4. The third-order valence-corrected chi connectivity index (χ3v) is 3.07. The lowest BCUT2D eigenvalue weighted by molar-refractivity contribution is -0.137. The van der Waals surface area contributed by atoms with Crippen LogP contribution in [0, 0.1) is 0 Å². The molecule has 1 saturated heterocycles. The molecular weight excluding hydrogens is 220 g/mol. The molecule has 1 N–H and O–H groups in total. The quantitative estimate of drug-likeness (QED) is 0.825. The highest BCUT2D eigenvalue weighted by molar-refractivity contribution is 5.66. The predicted molar refractivity (Wildman–Crippen MR) is 62.7 cm³/mol. The fourth-order valence-corrected chi connectivity index (χ4v) is 2.05. The van der Waals surface area contributed by atoms with Gasteiger partial charge in [-0.15, -0.1) is 0 Å². The summed E-state index contributed by atoms with van der Waals surface area (Å²) in [5, 5.41) is 8.62. The normalized spacial score (nSPS) is 18.4. The number of rotatable bonds is 5. The second-order valence-electron chi connectivity index (χ2n) is 4.34. The van der Waals surface area contributed by atoms with Crippen molar-refractivity contribution < 1.29 is 14.3 Å². The van der Waals surface area contributed by atoms with Crippen LogP contribution in [0.5, 0.6) is 0 Å². The van der Waals surface area contributed by atoms with E-state index in [1.165, 1.54) is 0 Å². The summed E-state index contributed by atoms with van der Waals surface area (Å²) >= 11 is 0. The Kier molecular flexibility index (Phi) is 4.17. The lowest BCUT2D eigenvalue weighted by Gasteiger charge is -2.33. The molecule has 17 heavy (non-hydrogen) atoms. The maximum absolute atomic E-state index is 10.5. The minimum Gasteiger partial charge on any atom is -0.481 e. The highest BCUT2D eigenvalue weighted by Gasteiger charge is 2.17. The minimum absolute atomic E-state index is 0.234. The van der Waals surface area contributed by atoms with Gasteiger partial charge >= 0.3 is 5.97 Å². The molecule has 0 atom stereocenters. The van der Waals surface area contributed by atoms with Gasteiger partial charge in [-0.25, -0.2) is 0 Å². The molecule has 5 heteroatoms. The molecule has 5 nitrogen and oxygen atoms in total. The van der Waals surface area contributed by atoms with E-state index in [1.54, 1.807) is 6.26 Å². The van der Waals surface area contributed by atoms with Gasteiger partial charge in [0.2, 0.25) is 0 Å². The number of hydrogen-bond donors (Lipinski definition) is 1. The summed E-state index contributed by atoms with van der Waals surface area (Å²) in [4.78, 5) is 15.0. The SMILES string of the molecule is O=C(O)CCN1CCN(Cc2ccco2)CC1. The molecule has 1 aromatic heterocycles. The molecule has 0 unspecified atom stereocenters. The lowest BCUT2D eigenvalue weighted by Crippen LogP contribution is -2.46. The topological polar surface area (TPSA) is 56.9 Å². The number of carboxylic acids is 1. The van der Waals surface area contributed by atoms with Crippen LogP contribution in [0.3, 0.4) is 0 Å². The van der Waals surface area contributed by atoms with Crippen molar-refractivity contribution in [3.05, 3.63) is 24.2 Å². The Morgan fingerprint density at radius 2 is 2.00 bits per heavy atom. The number of carbonyl (C=O) groups is 1. The molecule has 0 amide bonds. The fourth-order valence-electron chi connectivity index (χ4n) is 2.05. The molecule has 0 bridgehead atoms. The maximum Gasteiger partial charge on any atom is 0.304 e. The van der Waals surface area contributed by atoms with Crippen LogP contribution in [-0.2, 0) is 11.3 Å². The molecule has 0 radical (unpaired) electrons. The van der Waals surface area contributed by atoms with Gasteiger partial charge in [0.1, 0.15) is 5.76 Å². The Morgan fingerprint density at radius 1 is 1.29 bits per heavy atom. The molecule has 0 aliphatic carbocycles. The second kappa shape index (κ2) is 5.84. The van der Waals surface area contributed by atoms with Gasteiger partial charge in [0.15, 0.2) is 0 Å². The Balaban J connectivity index is 1.69. The predicted octanol–water partition coefficient (Wildman–Crippen LogP) is 0.872. The van der Waals surface area contributed by atoms with Crippen molar-refractivity contribution >= 4 is 5.97 Å². The first-order chi connectivity index (χ1) is 8.24. The first-order valence-electron chi connectivity index (χ1n) is 5.93. The number of aliphatic carboxylic acids is 1. The standard InChI is InChI=1S/C12H18N2O3/c15-12(16)3-4-13-5-7-14(8-6-13)10-11-2-1-9-17-11/h1-2,9H,3-8,10H2,(H,15,16). The summed E-state index contributed by atoms with van der Waals surface area (Å²) in [6.45, 7) is 5.33. The van der Waals surface area contributed by atoms with Crippen molar-refractivity contribution in [2.24, 2.45) is 0 Å². The molecule has 2 rings (SSSR count). The van der Waals surface area contributed by atoms with Crippen LogP contribution in [0.2, 0.25) is 0 Å². The third kappa shape index (κ3) is 3.87. The van der Waals surface area contributed by atoms with Crippen molar-refractivity contribution in [2.75, 3.05) is 32.7 Å². The van der Waals surface area contributed by atoms with E-state index in [4.69, 9.17) is 9.52 Å². The summed E-state index contributed by atoms with van der Waals surface area (Å²) in [5.41, 5.74) is 0. The van der Waals surface area contributed by atoms with E-state index < -0.39 is 5.97 Å². The van der Waals surface area contributed by atoms with Gasteiger partial charge in [0, 0.05) is 32.7 Å². The van der Waals surface area contributed by atoms with Crippen LogP contribution in [0.4, 0.5) is 0 Å². The molecule has 0 aromatic carbocycles. The average Bonchev–Trinajstić information content (AvgIpc) is 2.81. The first kappa shape index (κ1) is 12.1. The van der Waals surface area contributed by atoms with Crippen molar-refractivity contribution in [1.29, 1.82) is 0 Å². The Labute approximate surface area is 101 Å². The molecular formula is C12H18N2O3. The van der Waals surface area contributed by atoms with Crippen LogP contribution in [0.25, 0.3) is 0 Å². The highest BCUT2D eigenvalue weighted by Crippen LogP contribution is 2.09. The summed E-state index contributed by atoms with van der Waals surface area (Å²) in [6.07, 6.45) is 1.93. The molecule has 1 fully saturated rings. The van der Waals surface area contributed by atoms with Crippen molar-refractivity contribution in [1.82, 2.24) is 9.80 Å². The zero-order valence-corrected chi connectivity index (χ0v) is 9.84. The monoisotopic (exact) mass is 238 g/mol. The Hall–Kier alpha value is -1.33. The molecule has 1 aromatic rings. The van der Waals surface area contributed by atoms with Crippen LogP contribution >= 0.6 is 0 Å². The smallest absolute Gasteiger partial charge is 0.304 e. The number of carboxylic acid groups (broad SMARTS) is 1. The number of nitrogens with zero attached hydrogens (tertiary/aromatic N) is 2. The molecule has 2 heterocycles. The van der Waals surface area contributed by atoms with Gasteiger partial charge in [0.25, 0.3) is 0 Å². The Morgan fingerprint density at radius 3 is 2.59 bits per heavy atom. The number of furan rings is 1. The van der Waals surface area contributed by atoms with Gasteiger partial charge in [-0.3, -0.25) is 9.69 Å². The van der Waals surface area contributed by atoms with Crippen molar-refractivity contribution in [3.8, 4) is 0 Å². The minimum atomic E-state index is -0.719. The van der Waals surface area contributed by atoms with E-state index in [2.05, 4.69) is 9.80 Å². The van der Waals surface area contributed by atoms with E-state index in [9.17, 15) is 4.79 Å². The van der Waals surface area contributed by atoms with E-state index >= 15 is 0 Å². The van der Waals surface area contributed by atoms with Crippen molar-refractivity contribution in [3.63, 3.8) is 0 Å². The summed E-state index contributed by atoms with van der Waals surface area (Å²) in [7, 11) is 0. The fraction of sp³-hybridized carbons (Fsp3) is 0.583. The van der Waals surface area contributed by atoms with E-state index in [-0.39, 0.29) is 6.42 Å². The van der Waals surface area contributed by atoms with Gasteiger partial charge < -0.3 is 14.4 Å². The molecule has 1 aliphatic heterocycles.